The lowest BCUT2D eigenvalue weighted by Gasteiger charge is -2.06. The number of carbonyl (C=O) groups is 2. The number of hydrogen-bond donors (Lipinski definition) is 2. The van der Waals surface area contributed by atoms with Gasteiger partial charge in [0, 0.05) is 0 Å². The molecule has 3 aromatic rings. The third-order valence-electron chi connectivity index (χ3n) is 3.65. The first-order chi connectivity index (χ1) is 12.6. The van der Waals surface area contributed by atoms with Crippen LogP contribution in [0.1, 0.15) is 15.9 Å². The Labute approximate surface area is 149 Å². The van der Waals surface area contributed by atoms with Crippen molar-refractivity contribution in [1.29, 1.82) is 0 Å². The molecule has 130 valence electrons. The third-order valence-corrected chi connectivity index (χ3v) is 3.65. The van der Waals surface area contributed by atoms with Gasteiger partial charge in [-0.1, -0.05) is 42.5 Å². The highest BCUT2D eigenvalue weighted by atomic mass is 16.5. The zero-order valence-corrected chi connectivity index (χ0v) is 13.8. The number of nitrogens with zero attached hydrogens (tertiary/aromatic N) is 1. The lowest BCUT2D eigenvalue weighted by atomic mass is 10.1. The molecule has 0 heterocycles. The minimum Gasteiger partial charge on any atom is -0.484 e. The Morgan fingerprint density at radius 3 is 2.46 bits per heavy atom. The average Bonchev–Trinajstić information content (AvgIpc) is 2.66. The molecular formula is C20H16N2O4. The van der Waals surface area contributed by atoms with Crippen molar-refractivity contribution in [3.05, 3.63) is 77.9 Å². The summed E-state index contributed by atoms with van der Waals surface area (Å²) in [7, 11) is 0. The summed E-state index contributed by atoms with van der Waals surface area (Å²) in [6, 6.07) is 19.6. The lowest BCUT2D eigenvalue weighted by molar-refractivity contribution is -0.123. The normalized spacial score (nSPS) is 10.8. The Balaban J connectivity index is 1.51. The molecule has 0 aliphatic rings. The van der Waals surface area contributed by atoms with Gasteiger partial charge in [-0.05, 0) is 40.6 Å². The van der Waals surface area contributed by atoms with E-state index in [-0.39, 0.29) is 12.2 Å². The van der Waals surface area contributed by atoms with Crippen molar-refractivity contribution in [3.8, 4) is 5.75 Å². The highest BCUT2D eigenvalue weighted by molar-refractivity contribution is 5.89. The maximum Gasteiger partial charge on any atom is 0.335 e. The van der Waals surface area contributed by atoms with Gasteiger partial charge >= 0.3 is 5.97 Å². The number of fused-ring (bicyclic) bond motifs is 1. The maximum atomic E-state index is 11.8. The highest BCUT2D eigenvalue weighted by Crippen LogP contribution is 2.20. The number of hydrazone groups is 1. The van der Waals surface area contributed by atoms with Crippen molar-refractivity contribution in [2.45, 2.75) is 0 Å². The smallest absolute Gasteiger partial charge is 0.335 e. The maximum absolute atomic E-state index is 11.8. The summed E-state index contributed by atoms with van der Waals surface area (Å²) in [5.74, 6) is -0.781. The van der Waals surface area contributed by atoms with Crippen molar-refractivity contribution in [2.75, 3.05) is 6.61 Å². The van der Waals surface area contributed by atoms with Gasteiger partial charge in [0.05, 0.1) is 11.8 Å². The summed E-state index contributed by atoms with van der Waals surface area (Å²) in [5.41, 5.74) is 3.23. The van der Waals surface area contributed by atoms with Gasteiger partial charge in [0.2, 0.25) is 0 Å². The fraction of sp³-hybridized carbons (Fsp3) is 0.0500. The number of amides is 1. The molecular weight excluding hydrogens is 332 g/mol. The third kappa shape index (κ3) is 4.45. The quantitative estimate of drug-likeness (QED) is 0.529. The largest absolute Gasteiger partial charge is 0.484 e. The van der Waals surface area contributed by atoms with E-state index in [1.807, 2.05) is 42.5 Å². The highest BCUT2D eigenvalue weighted by Gasteiger charge is 2.03. The van der Waals surface area contributed by atoms with Crippen LogP contribution in [0.25, 0.3) is 10.8 Å². The number of carboxylic acids is 1. The Morgan fingerprint density at radius 2 is 1.73 bits per heavy atom. The molecule has 0 fully saturated rings. The molecule has 0 unspecified atom stereocenters. The zero-order chi connectivity index (χ0) is 18.4. The summed E-state index contributed by atoms with van der Waals surface area (Å²) in [4.78, 5) is 22.6. The molecule has 0 atom stereocenters. The molecule has 1 amide bonds. The van der Waals surface area contributed by atoms with E-state index < -0.39 is 11.9 Å². The second-order valence-electron chi connectivity index (χ2n) is 5.52. The molecule has 6 heteroatoms. The monoisotopic (exact) mass is 348 g/mol. The summed E-state index contributed by atoms with van der Waals surface area (Å²) in [6.45, 7) is -0.159. The van der Waals surface area contributed by atoms with Gasteiger partial charge in [0.25, 0.3) is 5.91 Å². The number of ether oxygens (including phenoxy) is 1. The minimum atomic E-state index is -0.993. The molecule has 0 saturated carbocycles. The van der Waals surface area contributed by atoms with Crippen LogP contribution in [0.5, 0.6) is 5.75 Å². The molecule has 26 heavy (non-hydrogen) atoms. The van der Waals surface area contributed by atoms with Crippen LogP contribution in [0.3, 0.4) is 0 Å². The summed E-state index contributed by atoms with van der Waals surface area (Å²) in [6.07, 6.45) is 1.43. The predicted molar refractivity (Wildman–Crippen MR) is 98.6 cm³/mol. The van der Waals surface area contributed by atoms with Gasteiger partial charge < -0.3 is 9.84 Å². The molecule has 0 bridgehead atoms. The van der Waals surface area contributed by atoms with Crippen molar-refractivity contribution in [2.24, 2.45) is 5.10 Å². The molecule has 0 aromatic heterocycles. The van der Waals surface area contributed by atoms with Crippen molar-refractivity contribution in [1.82, 2.24) is 5.43 Å². The summed E-state index contributed by atoms with van der Waals surface area (Å²) < 4.78 is 5.47. The number of nitrogens with one attached hydrogen (secondary N) is 1. The van der Waals surface area contributed by atoms with E-state index in [0.717, 1.165) is 10.8 Å². The Hall–Kier alpha value is -3.67. The Bertz CT molecular complexity index is 965. The van der Waals surface area contributed by atoms with Crippen LogP contribution in [0.15, 0.2) is 71.8 Å². The van der Waals surface area contributed by atoms with Crippen LogP contribution in [-0.4, -0.2) is 29.8 Å². The average molecular weight is 348 g/mol. The molecule has 0 saturated heterocycles. The molecule has 3 aromatic carbocycles. The number of benzene rings is 3. The minimum absolute atomic E-state index is 0.159. The van der Waals surface area contributed by atoms with Crippen molar-refractivity contribution < 1.29 is 19.4 Å². The number of aromatic carboxylic acids is 1. The number of carboxylic acid groups (broad SMARTS) is 1. The molecule has 0 radical (unpaired) electrons. The second kappa shape index (κ2) is 7.94. The summed E-state index contributed by atoms with van der Waals surface area (Å²) >= 11 is 0. The van der Waals surface area contributed by atoms with Crippen molar-refractivity contribution in [3.63, 3.8) is 0 Å². The lowest BCUT2D eigenvalue weighted by Crippen LogP contribution is -2.24. The predicted octanol–water partition coefficient (Wildman–Crippen LogP) is 3.07. The zero-order valence-electron chi connectivity index (χ0n) is 13.8. The number of rotatable bonds is 6. The van der Waals surface area contributed by atoms with E-state index in [4.69, 9.17) is 9.84 Å². The fourth-order valence-corrected chi connectivity index (χ4v) is 2.33. The van der Waals surface area contributed by atoms with Gasteiger partial charge in [-0.2, -0.15) is 5.10 Å². The van der Waals surface area contributed by atoms with E-state index in [0.29, 0.717) is 11.3 Å². The number of hydrogen-bond acceptors (Lipinski definition) is 4. The van der Waals surface area contributed by atoms with Gasteiger partial charge in [0.15, 0.2) is 6.61 Å². The Kier molecular flexibility index (Phi) is 5.24. The molecule has 0 aliphatic heterocycles. The molecule has 0 spiro atoms. The SMILES string of the molecule is O=C(COc1ccc2ccccc2c1)N/N=C/c1ccc(C(=O)O)cc1. The van der Waals surface area contributed by atoms with Crippen molar-refractivity contribution >= 4 is 28.9 Å². The second-order valence-corrected chi connectivity index (χ2v) is 5.52. The van der Waals surface area contributed by atoms with Gasteiger partial charge in [0.1, 0.15) is 5.75 Å². The standard InChI is InChI=1S/C20H16N2O4/c23-19(22-21-12-14-5-7-16(8-6-14)20(24)25)13-26-18-10-9-15-3-1-2-4-17(15)11-18/h1-12H,13H2,(H,22,23)(H,24,25)/b21-12+. The molecule has 6 nitrogen and oxygen atoms in total. The van der Waals surface area contributed by atoms with Gasteiger partial charge in [-0.3, -0.25) is 4.79 Å². The van der Waals surface area contributed by atoms with Gasteiger partial charge in [-0.25, -0.2) is 10.2 Å². The molecule has 3 rings (SSSR count). The van der Waals surface area contributed by atoms with Crippen LogP contribution in [-0.2, 0) is 4.79 Å². The van der Waals surface area contributed by atoms with E-state index in [1.54, 1.807) is 12.1 Å². The number of carbonyl (C=O) groups excluding carboxylic acids is 1. The van der Waals surface area contributed by atoms with E-state index in [1.165, 1.54) is 18.3 Å². The first-order valence-electron chi connectivity index (χ1n) is 7.89. The van der Waals surface area contributed by atoms with Crippen LogP contribution < -0.4 is 10.2 Å². The van der Waals surface area contributed by atoms with E-state index in [2.05, 4.69) is 10.5 Å². The van der Waals surface area contributed by atoms with E-state index >= 15 is 0 Å². The molecule has 0 aliphatic carbocycles. The van der Waals surface area contributed by atoms with E-state index in [9.17, 15) is 9.59 Å². The van der Waals surface area contributed by atoms with Crippen LogP contribution >= 0.6 is 0 Å². The van der Waals surface area contributed by atoms with Gasteiger partial charge in [-0.15, -0.1) is 0 Å². The topological polar surface area (TPSA) is 88.0 Å². The van der Waals surface area contributed by atoms with Crippen LogP contribution in [0.2, 0.25) is 0 Å². The summed E-state index contributed by atoms with van der Waals surface area (Å²) in [5, 5.41) is 14.8. The molecule has 2 N–H and O–H groups in total. The Morgan fingerprint density at radius 1 is 1.00 bits per heavy atom. The first-order valence-corrected chi connectivity index (χ1v) is 7.89. The van der Waals surface area contributed by atoms with Crippen LogP contribution in [0.4, 0.5) is 0 Å². The fourth-order valence-electron chi connectivity index (χ4n) is 2.33. The first kappa shape index (κ1) is 17.2. The van der Waals surface area contributed by atoms with Crippen LogP contribution in [0, 0.1) is 0 Å².